The van der Waals surface area contributed by atoms with Gasteiger partial charge in [0.15, 0.2) is 0 Å². The number of hydrogen-bond donors (Lipinski definition) is 0. The summed E-state index contributed by atoms with van der Waals surface area (Å²) in [6, 6.07) is 4.60. The van der Waals surface area contributed by atoms with Crippen LogP contribution in [0.25, 0.3) is 16.3 Å². The summed E-state index contributed by atoms with van der Waals surface area (Å²) in [5.41, 5.74) is 0.833. The first kappa shape index (κ1) is 9.09. The second kappa shape index (κ2) is 3.72. The van der Waals surface area contributed by atoms with Gasteiger partial charge in [-0.05, 0) is 24.3 Å². The number of allylic oxidation sites excluding steroid dienone is 2. The Morgan fingerprint density at radius 1 is 1.43 bits per heavy atom. The normalized spacial score (nSPS) is 11.2. The Bertz CT molecular complexity index is 499. The molecule has 2 aromatic rings. The van der Waals surface area contributed by atoms with E-state index in [4.69, 9.17) is 0 Å². The zero-order chi connectivity index (χ0) is 9.97. The first-order valence-corrected chi connectivity index (χ1v) is 4.96. The van der Waals surface area contributed by atoms with Crippen LogP contribution in [-0.2, 0) is 0 Å². The van der Waals surface area contributed by atoms with E-state index in [1.54, 1.807) is 12.1 Å². The number of hydrogen-bond acceptors (Lipinski definition) is 2. The van der Waals surface area contributed by atoms with Crippen molar-refractivity contribution in [1.82, 2.24) is 4.98 Å². The van der Waals surface area contributed by atoms with E-state index < -0.39 is 0 Å². The molecule has 14 heavy (non-hydrogen) atoms. The third kappa shape index (κ3) is 1.72. The summed E-state index contributed by atoms with van der Waals surface area (Å²) in [4.78, 5) is 4.31. The second-order valence-corrected chi connectivity index (χ2v) is 3.82. The lowest BCUT2D eigenvalue weighted by atomic mass is 10.3. The lowest BCUT2D eigenvalue weighted by Gasteiger charge is -1.85. The van der Waals surface area contributed by atoms with Crippen LogP contribution in [0.15, 0.2) is 36.9 Å². The predicted molar refractivity (Wildman–Crippen MR) is 58.8 cm³/mol. The molecule has 0 radical (unpaired) electrons. The van der Waals surface area contributed by atoms with E-state index in [1.807, 2.05) is 12.2 Å². The SMILES string of the molecule is C=C/C=C\c1nc2ccc(F)cc2s1. The van der Waals surface area contributed by atoms with E-state index in [0.717, 1.165) is 15.2 Å². The molecule has 0 saturated heterocycles. The van der Waals surface area contributed by atoms with Crippen molar-refractivity contribution < 1.29 is 4.39 Å². The summed E-state index contributed by atoms with van der Waals surface area (Å²) in [5.74, 6) is -0.222. The van der Waals surface area contributed by atoms with Gasteiger partial charge in [-0.1, -0.05) is 18.7 Å². The topological polar surface area (TPSA) is 12.9 Å². The molecule has 70 valence electrons. The molecule has 0 spiro atoms. The molecule has 0 amide bonds. The highest BCUT2D eigenvalue weighted by Gasteiger charge is 2.01. The molecule has 0 unspecified atom stereocenters. The number of benzene rings is 1. The van der Waals surface area contributed by atoms with Crippen molar-refractivity contribution in [2.45, 2.75) is 0 Å². The Labute approximate surface area is 85.2 Å². The van der Waals surface area contributed by atoms with Crippen LogP contribution in [0.5, 0.6) is 0 Å². The van der Waals surface area contributed by atoms with Crippen molar-refractivity contribution in [3.63, 3.8) is 0 Å². The Morgan fingerprint density at radius 3 is 3.07 bits per heavy atom. The van der Waals surface area contributed by atoms with Gasteiger partial charge in [0.05, 0.1) is 10.2 Å². The molecule has 0 N–H and O–H groups in total. The largest absolute Gasteiger partial charge is 0.237 e. The predicted octanol–water partition coefficient (Wildman–Crippen LogP) is 3.63. The van der Waals surface area contributed by atoms with Crippen molar-refractivity contribution in [3.05, 3.63) is 47.8 Å². The van der Waals surface area contributed by atoms with Crippen LogP contribution >= 0.6 is 11.3 Å². The van der Waals surface area contributed by atoms with E-state index in [1.165, 1.54) is 23.5 Å². The molecule has 3 heteroatoms. The van der Waals surface area contributed by atoms with Gasteiger partial charge in [-0.3, -0.25) is 0 Å². The molecule has 1 heterocycles. The zero-order valence-electron chi connectivity index (χ0n) is 7.40. The molecule has 1 aromatic heterocycles. The highest BCUT2D eigenvalue weighted by Crippen LogP contribution is 2.23. The van der Waals surface area contributed by atoms with Crippen molar-refractivity contribution in [2.75, 3.05) is 0 Å². The number of fused-ring (bicyclic) bond motifs is 1. The van der Waals surface area contributed by atoms with Crippen LogP contribution in [0.4, 0.5) is 4.39 Å². The molecule has 0 bridgehead atoms. The first-order chi connectivity index (χ1) is 6.79. The molecule has 0 atom stereocenters. The fourth-order valence-corrected chi connectivity index (χ4v) is 2.04. The molecule has 0 fully saturated rings. The van der Waals surface area contributed by atoms with Crippen molar-refractivity contribution >= 4 is 27.6 Å². The number of thiazole rings is 1. The van der Waals surface area contributed by atoms with Gasteiger partial charge in [-0.15, -0.1) is 11.3 Å². The summed E-state index contributed by atoms with van der Waals surface area (Å²) in [6.07, 6.45) is 5.36. The van der Waals surface area contributed by atoms with Crippen molar-refractivity contribution in [2.24, 2.45) is 0 Å². The smallest absolute Gasteiger partial charge is 0.124 e. The molecule has 0 aliphatic rings. The van der Waals surface area contributed by atoms with Gasteiger partial charge in [-0.25, -0.2) is 9.37 Å². The van der Waals surface area contributed by atoms with E-state index in [9.17, 15) is 4.39 Å². The maximum absolute atomic E-state index is 12.8. The lowest BCUT2D eigenvalue weighted by Crippen LogP contribution is -1.71. The zero-order valence-corrected chi connectivity index (χ0v) is 8.22. The van der Waals surface area contributed by atoms with Crippen LogP contribution in [0.3, 0.4) is 0 Å². The fraction of sp³-hybridized carbons (Fsp3) is 0. The summed E-state index contributed by atoms with van der Waals surface area (Å²) >= 11 is 1.47. The highest BCUT2D eigenvalue weighted by molar-refractivity contribution is 7.19. The summed E-state index contributed by atoms with van der Waals surface area (Å²) < 4.78 is 13.7. The van der Waals surface area contributed by atoms with Crippen molar-refractivity contribution in [1.29, 1.82) is 0 Å². The minimum Gasteiger partial charge on any atom is -0.237 e. The van der Waals surface area contributed by atoms with Gasteiger partial charge in [-0.2, -0.15) is 0 Å². The highest BCUT2D eigenvalue weighted by atomic mass is 32.1. The van der Waals surface area contributed by atoms with E-state index in [-0.39, 0.29) is 5.82 Å². The van der Waals surface area contributed by atoms with Gasteiger partial charge in [0.1, 0.15) is 10.8 Å². The minimum absolute atomic E-state index is 0.222. The van der Waals surface area contributed by atoms with Gasteiger partial charge in [0.25, 0.3) is 0 Å². The van der Waals surface area contributed by atoms with E-state index >= 15 is 0 Å². The Morgan fingerprint density at radius 2 is 2.29 bits per heavy atom. The van der Waals surface area contributed by atoms with Crippen molar-refractivity contribution in [3.8, 4) is 0 Å². The quantitative estimate of drug-likeness (QED) is 0.682. The Kier molecular flexibility index (Phi) is 2.41. The van der Waals surface area contributed by atoms with E-state index in [0.29, 0.717) is 0 Å². The lowest BCUT2D eigenvalue weighted by molar-refractivity contribution is 0.630. The molecular formula is C11H8FNS. The summed E-state index contributed by atoms with van der Waals surface area (Å²) in [7, 11) is 0. The Hall–Kier alpha value is -1.48. The van der Waals surface area contributed by atoms with Crippen LogP contribution in [-0.4, -0.2) is 4.98 Å². The van der Waals surface area contributed by atoms with Gasteiger partial charge < -0.3 is 0 Å². The fourth-order valence-electron chi connectivity index (χ4n) is 1.14. The number of aromatic nitrogens is 1. The summed E-state index contributed by atoms with van der Waals surface area (Å²) in [5, 5.41) is 0.866. The second-order valence-electron chi connectivity index (χ2n) is 2.76. The molecule has 1 nitrogen and oxygen atoms in total. The van der Waals surface area contributed by atoms with Crippen LogP contribution in [0.1, 0.15) is 5.01 Å². The van der Waals surface area contributed by atoms with Gasteiger partial charge >= 0.3 is 0 Å². The minimum atomic E-state index is -0.222. The molecule has 0 aliphatic carbocycles. The first-order valence-electron chi connectivity index (χ1n) is 4.15. The third-order valence-electron chi connectivity index (χ3n) is 1.74. The monoisotopic (exact) mass is 205 g/mol. The Balaban J connectivity index is 2.51. The third-order valence-corrected chi connectivity index (χ3v) is 2.73. The van der Waals surface area contributed by atoms with Gasteiger partial charge in [0, 0.05) is 0 Å². The molecule has 0 saturated carbocycles. The maximum atomic E-state index is 12.8. The standard InChI is InChI=1S/C11H8FNS/c1-2-3-4-11-13-9-6-5-8(12)7-10(9)14-11/h2-7H,1H2/b4-3-. The number of nitrogens with zero attached hydrogens (tertiary/aromatic N) is 1. The van der Waals surface area contributed by atoms with Crippen LogP contribution in [0.2, 0.25) is 0 Å². The average Bonchev–Trinajstić information content (AvgIpc) is 2.56. The number of rotatable bonds is 2. The summed E-state index contributed by atoms with van der Waals surface area (Å²) in [6.45, 7) is 3.57. The van der Waals surface area contributed by atoms with Crippen LogP contribution < -0.4 is 0 Å². The maximum Gasteiger partial charge on any atom is 0.124 e. The average molecular weight is 205 g/mol. The molecule has 1 aromatic carbocycles. The molecule has 2 rings (SSSR count). The molecular weight excluding hydrogens is 197 g/mol. The van der Waals surface area contributed by atoms with Gasteiger partial charge in [0.2, 0.25) is 0 Å². The van der Waals surface area contributed by atoms with E-state index in [2.05, 4.69) is 11.6 Å². The van der Waals surface area contributed by atoms with Crippen LogP contribution in [0, 0.1) is 5.82 Å². The molecule has 0 aliphatic heterocycles. The number of halogens is 1.